The summed E-state index contributed by atoms with van der Waals surface area (Å²) in [6.07, 6.45) is 6.81. The number of hydrogen-bond acceptors (Lipinski definition) is 3. The lowest BCUT2D eigenvalue weighted by molar-refractivity contribution is -0.000893. The average Bonchev–Trinajstić information content (AvgIpc) is 2.30. The molecule has 3 nitrogen and oxygen atoms in total. The standard InChI is InChI=1S/C12H17NO2/c1-15-11-9-10(5-8-13-11)12(14)6-3-2-4-7-12/h5,8-9,14H,2-4,6-7H2,1H3. The molecule has 0 bridgehead atoms. The molecule has 0 saturated heterocycles. The summed E-state index contributed by atoms with van der Waals surface area (Å²) < 4.78 is 5.07. The van der Waals surface area contributed by atoms with Crippen LogP contribution in [0.3, 0.4) is 0 Å². The molecule has 1 fully saturated rings. The molecule has 1 aliphatic carbocycles. The van der Waals surface area contributed by atoms with Gasteiger partial charge in [-0.1, -0.05) is 19.3 Å². The van der Waals surface area contributed by atoms with Gasteiger partial charge in [-0.15, -0.1) is 0 Å². The predicted octanol–water partition coefficient (Wildman–Crippen LogP) is 2.24. The summed E-state index contributed by atoms with van der Waals surface area (Å²) in [5.74, 6) is 0.575. The quantitative estimate of drug-likeness (QED) is 0.808. The van der Waals surface area contributed by atoms with Crippen LogP contribution in [0, 0.1) is 0 Å². The van der Waals surface area contributed by atoms with Crippen molar-refractivity contribution in [2.24, 2.45) is 0 Å². The second-order valence-electron chi connectivity index (χ2n) is 4.18. The van der Waals surface area contributed by atoms with Gasteiger partial charge in [0, 0.05) is 12.3 Å². The van der Waals surface area contributed by atoms with E-state index in [2.05, 4.69) is 4.98 Å². The number of methoxy groups -OCH3 is 1. The highest BCUT2D eigenvalue weighted by Crippen LogP contribution is 2.37. The first kappa shape index (κ1) is 10.4. The Hall–Kier alpha value is -1.09. The Bertz CT molecular complexity index is 332. The highest BCUT2D eigenvalue weighted by molar-refractivity contribution is 5.26. The molecule has 0 unspecified atom stereocenters. The molecule has 3 heteroatoms. The highest BCUT2D eigenvalue weighted by atomic mass is 16.5. The zero-order valence-corrected chi connectivity index (χ0v) is 9.07. The molecule has 2 rings (SSSR count). The first-order chi connectivity index (χ1) is 7.24. The lowest BCUT2D eigenvalue weighted by Gasteiger charge is -2.32. The predicted molar refractivity (Wildman–Crippen MR) is 57.8 cm³/mol. The fraction of sp³-hybridized carbons (Fsp3) is 0.583. The second kappa shape index (κ2) is 4.19. The maximum absolute atomic E-state index is 10.5. The van der Waals surface area contributed by atoms with E-state index in [0.29, 0.717) is 5.88 Å². The third kappa shape index (κ3) is 2.12. The van der Waals surface area contributed by atoms with Crippen molar-refractivity contribution in [3.63, 3.8) is 0 Å². The minimum absolute atomic E-state index is 0.575. The van der Waals surface area contributed by atoms with Gasteiger partial charge in [0.15, 0.2) is 0 Å². The SMILES string of the molecule is COc1cc(C2(O)CCCCC2)ccn1. The fourth-order valence-corrected chi connectivity index (χ4v) is 2.24. The molecule has 1 heterocycles. The van der Waals surface area contributed by atoms with Crippen LogP contribution in [0.5, 0.6) is 5.88 Å². The van der Waals surface area contributed by atoms with Gasteiger partial charge < -0.3 is 9.84 Å². The summed E-state index contributed by atoms with van der Waals surface area (Å²) in [5.41, 5.74) is 0.281. The van der Waals surface area contributed by atoms with Crippen LogP contribution in [0.25, 0.3) is 0 Å². The van der Waals surface area contributed by atoms with Gasteiger partial charge >= 0.3 is 0 Å². The number of pyridine rings is 1. The number of aliphatic hydroxyl groups is 1. The maximum atomic E-state index is 10.5. The van der Waals surface area contributed by atoms with Crippen LogP contribution < -0.4 is 4.74 Å². The van der Waals surface area contributed by atoms with Crippen molar-refractivity contribution in [3.05, 3.63) is 23.9 Å². The first-order valence-electron chi connectivity index (χ1n) is 5.47. The third-order valence-corrected chi connectivity index (χ3v) is 3.16. The summed E-state index contributed by atoms with van der Waals surface area (Å²) >= 11 is 0. The summed E-state index contributed by atoms with van der Waals surface area (Å²) in [4.78, 5) is 4.05. The van der Waals surface area contributed by atoms with E-state index in [4.69, 9.17) is 4.74 Å². The Morgan fingerprint density at radius 3 is 2.73 bits per heavy atom. The molecule has 0 aromatic carbocycles. The molecule has 1 saturated carbocycles. The van der Waals surface area contributed by atoms with Crippen LogP contribution in [0.2, 0.25) is 0 Å². The molecule has 0 atom stereocenters. The monoisotopic (exact) mass is 207 g/mol. The van der Waals surface area contributed by atoms with Gasteiger partial charge in [-0.25, -0.2) is 4.98 Å². The van der Waals surface area contributed by atoms with E-state index in [9.17, 15) is 5.11 Å². The van der Waals surface area contributed by atoms with E-state index in [1.165, 1.54) is 6.42 Å². The number of ether oxygens (including phenoxy) is 1. The van der Waals surface area contributed by atoms with E-state index in [1.54, 1.807) is 13.3 Å². The van der Waals surface area contributed by atoms with E-state index in [-0.39, 0.29) is 0 Å². The molecule has 0 amide bonds. The Labute approximate surface area is 90.1 Å². The number of hydrogen-bond donors (Lipinski definition) is 1. The van der Waals surface area contributed by atoms with Crippen LogP contribution >= 0.6 is 0 Å². The number of rotatable bonds is 2. The Morgan fingerprint density at radius 2 is 2.07 bits per heavy atom. The first-order valence-corrected chi connectivity index (χ1v) is 5.47. The molecule has 1 aliphatic rings. The zero-order valence-electron chi connectivity index (χ0n) is 9.07. The number of aromatic nitrogens is 1. The van der Waals surface area contributed by atoms with Gasteiger partial charge in [0.2, 0.25) is 5.88 Å². The van der Waals surface area contributed by atoms with Crippen molar-refractivity contribution >= 4 is 0 Å². The van der Waals surface area contributed by atoms with Crippen molar-refractivity contribution < 1.29 is 9.84 Å². The van der Waals surface area contributed by atoms with E-state index >= 15 is 0 Å². The van der Waals surface area contributed by atoms with Crippen LogP contribution in [-0.2, 0) is 5.60 Å². The van der Waals surface area contributed by atoms with E-state index in [0.717, 1.165) is 31.2 Å². The normalized spacial score (nSPS) is 19.9. The van der Waals surface area contributed by atoms with Crippen LogP contribution in [0.15, 0.2) is 18.3 Å². The van der Waals surface area contributed by atoms with Crippen molar-refractivity contribution in [1.82, 2.24) is 4.98 Å². The van der Waals surface area contributed by atoms with E-state index in [1.807, 2.05) is 12.1 Å². The lowest BCUT2D eigenvalue weighted by atomic mass is 9.80. The third-order valence-electron chi connectivity index (χ3n) is 3.16. The minimum Gasteiger partial charge on any atom is -0.481 e. The summed E-state index contributed by atoms with van der Waals surface area (Å²) in [6.45, 7) is 0. The van der Waals surface area contributed by atoms with Crippen molar-refractivity contribution in [1.29, 1.82) is 0 Å². The van der Waals surface area contributed by atoms with Crippen molar-refractivity contribution in [3.8, 4) is 5.88 Å². The van der Waals surface area contributed by atoms with Gasteiger partial charge in [0.25, 0.3) is 0 Å². The van der Waals surface area contributed by atoms with Gasteiger partial charge in [0.1, 0.15) is 0 Å². The zero-order chi connectivity index (χ0) is 10.7. The molecule has 0 aliphatic heterocycles. The molecule has 1 aromatic heterocycles. The average molecular weight is 207 g/mol. The van der Waals surface area contributed by atoms with Gasteiger partial charge in [-0.05, 0) is 24.5 Å². The molecular formula is C12H17NO2. The van der Waals surface area contributed by atoms with E-state index < -0.39 is 5.60 Å². The van der Waals surface area contributed by atoms with Crippen molar-refractivity contribution in [2.45, 2.75) is 37.7 Å². The smallest absolute Gasteiger partial charge is 0.213 e. The molecule has 82 valence electrons. The second-order valence-corrected chi connectivity index (χ2v) is 4.18. The maximum Gasteiger partial charge on any atom is 0.213 e. The lowest BCUT2D eigenvalue weighted by Crippen LogP contribution is -2.28. The Balaban J connectivity index is 2.26. The molecule has 1 N–H and O–H groups in total. The van der Waals surface area contributed by atoms with Gasteiger partial charge in [-0.2, -0.15) is 0 Å². The molecule has 1 aromatic rings. The minimum atomic E-state index is -0.658. The summed E-state index contributed by atoms with van der Waals surface area (Å²) in [5, 5.41) is 10.5. The van der Waals surface area contributed by atoms with Gasteiger partial charge in [0.05, 0.1) is 12.7 Å². The van der Waals surface area contributed by atoms with Crippen LogP contribution in [0.1, 0.15) is 37.7 Å². The molecule has 0 radical (unpaired) electrons. The van der Waals surface area contributed by atoms with Crippen LogP contribution in [0.4, 0.5) is 0 Å². The summed E-state index contributed by atoms with van der Waals surface area (Å²) in [6, 6.07) is 3.72. The van der Waals surface area contributed by atoms with Crippen LogP contribution in [-0.4, -0.2) is 17.2 Å². The molecule has 15 heavy (non-hydrogen) atoms. The molecular weight excluding hydrogens is 190 g/mol. The van der Waals surface area contributed by atoms with Crippen molar-refractivity contribution in [2.75, 3.05) is 7.11 Å². The molecule has 0 spiro atoms. The largest absolute Gasteiger partial charge is 0.481 e. The Morgan fingerprint density at radius 1 is 1.33 bits per heavy atom. The number of nitrogens with zero attached hydrogens (tertiary/aromatic N) is 1. The Kier molecular flexibility index (Phi) is 2.91. The highest BCUT2D eigenvalue weighted by Gasteiger charge is 2.31. The topological polar surface area (TPSA) is 42.4 Å². The fourth-order valence-electron chi connectivity index (χ4n) is 2.24. The summed E-state index contributed by atoms with van der Waals surface area (Å²) in [7, 11) is 1.59. The van der Waals surface area contributed by atoms with Gasteiger partial charge in [-0.3, -0.25) is 0 Å².